The highest BCUT2D eigenvalue weighted by Crippen LogP contribution is 2.15. The monoisotopic (exact) mass is 297 g/mol. The number of carbonyl (C=O) groups excluding carboxylic acids is 1. The van der Waals surface area contributed by atoms with Gasteiger partial charge in [-0.05, 0) is 18.6 Å². The molecule has 0 unspecified atom stereocenters. The Hall–Kier alpha value is -2.76. The largest absolute Gasteiger partial charge is 0.356 e. The van der Waals surface area contributed by atoms with Crippen LogP contribution in [0.2, 0.25) is 0 Å². The van der Waals surface area contributed by atoms with Crippen molar-refractivity contribution in [1.82, 2.24) is 15.3 Å². The van der Waals surface area contributed by atoms with Gasteiger partial charge in [0.2, 0.25) is 5.96 Å². The van der Waals surface area contributed by atoms with Crippen molar-refractivity contribution >= 4 is 17.6 Å². The number of benzene rings is 1. The van der Waals surface area contributed by atoms with E-state index in [0.717, 1.165) is 12.8 Å². The number of carbonyl (C=O) groups is 1. The molecule has 0 aliphatic carbocycles. The molecule has 0 bridgehead atoms. The van der Waals surface area contributed by atoms with E-state index in [0.29, 0.717) is 12.2 Å². The summed E-state index contributed by atoms with van der Waals surface area (Å²) < 4.78 is 0. The smallest absolute Gasteiger partial charge is 0.285 e. The van der Waals surface area contributed by atoms with Gasteiger partial charge in [-0.2, -0.15) is 0 Å². The van der Waals surface area contributed by atoms with Crippen LogP contribution in [0, 0.1) is 5.41 Å². The maximum Gasteiger partial charge on any atom is 0.285 e. The molecule has 6 heteroatoms. The van der Waals surface area contributed by atoms with Crippen molar-refractivity contribution in [3.63, 3.8) is 0 Å². The van der Waals surface area contributed by atoms with Gasteiger partial charge in [0.05, 0.1) is 11.9 Å². The van der Waals surface area contributed by atoms with Gasteiger partial charge in [-0.3, -0.25) is 15.2 Å². The second-order valence-corrected chi connectivity index (χ2v) is 4.70. The predicted octanol–water partition coefficient (Wildman–Crippen LogP) is 2.45. The average molecular weight is 297 g/mol. The lowest BCUT2D eigenvalue weighted by atomic mass is 10.2. The van der Waals surface area contributed by atoms with E-state index in [2.05, 4.69) is 22.2 Å². The molecule has 0 saturated carbocycles. The van der Waals surface area contributed by atoms with Gasteiger partial charge >= 0.3 is 0 Å². The number of unbranched alkanes of at least 4 members (excludes halogenated alkanes) is 1. The minimum atomic E-state index is -0.381. The topological polar surface area (TPSA) is 82.0 Å². The normalized spacial score (nSPS) is 10.0. The molecule has 2 N–H and O–H groups in total. The first kappa shape index (κ1) is 15.6. The zero-order chi connectivity index (χ0) is 15.8. The first-order valence-corrected chi connectivity index (χ1v) is 7.22. The van der Waals surface area contributed by atoms with Crippen LogP contribution in [-0.4, -0.2) is 28.4 Å². The van der Waals surface area contributed by atoms with Crippen molar-refractivity contribution in [3.8, 4) is 0 Å². The number of hydrogen-bond acceptors (Lipinski definition) is 4. The Kier molecular flexibility index (Phi) is 5.59. The van der Waals surface area contributed by atoms with Crippen LogP contribution in [0.4, 0.5) is 5.69 Å². The summed E-state index contributed by atoms with van der Waals surface area (Å²) >= 11 is 0. The van der Waals surface area contributed by atoms with E-state index >= 15 is 0 Å². The van der Waals surface area contributed by atoms with E-state index in [1.807, 2.05) is 18.2 Å². The fourth-order valence-electron chi connectivity index (χ4n) is 1.91. The van der Waals surface area contributed by atoms with Gasteiger partial charge in [0.15, 0.2) is 0 Å². The molecule has 6 nitrogen and oxygen atoms in total. The lowest BCUT2D eigenvalue weighted by Crippen LogP contribution is -2.45. The summed E-state index contributed by atoms with van der Waals surface area (Å²) in [6.45, 7) is 2.72. The Balaban J connectivity index is 2.26. The Morgan fingerprint density at radius 2 is 2.05 bits per heavy atom. The number of rotatable bonds is 5. The lowest BCUT2D eigenvalue weighted by molar-refractivity contribution is 0.0996. The van der Waals surface area contributed by atoms with Crippen molar-refractivity contribution in [2.75, 3.05) is 11.4 Å². The highest BCUT2D eigenvalue weighted by atomic mass is 16.2. The maximum atomic E-state index is 12.7. The molecule has 0 atom stereocenters. The summed E-state index contributed by atoms with van der Waals surface area (Å²) in [6.07, 6.45) is 6.32. The van der Waals surface area contributed by atoms with E-state index in [1.165, 1.54) is 23.5 Å². The second kappa shape index (κ2) is 7.87. The molecule has 2 rings (SSSR count). The van der Waals surface area contributed by atoms with E-state index in [9.17, 15) is 4.79 Å². The molecule has 22 heavy (non-hydrogen) atoms. The molecule has 2 aromatic rings. The molecule has 0 fully saturated rings. The second-order valence-electron chi connectivity index (χ2n) is 4.70. The summed E-state index contributed by atoms with van der Waals surface area (Å²) in [7, 11) is 0. The zero-order valence-electron chi connectivity index (χ0n) is 12.5. The molecule has 0 spiro atoms. The molecular formula is C16H19N5O. The van der Waals surface area contributed by atoms with Gasteiger partial charge in [-0.25, -0.2) is 9.88 Å². The molecule has 114 valence electrons. The Morgan fingerprint density at radius 1 is 1.27 bits per heavy atom. The van der Waals surface area contributed by atoms with Gasteiger partial charge < -0.3 is 5.32 Å². The van der Waals surface area contributed by atoms with Crippen LogP contribution in [0.1, 0.15) is 30.3 Å². The van der Waals surface area contributed by atoms with E-state index < -0.39 is 0 Å². The zero-order valence-corrected chi connectivity index (χ0v) is 12.5. The number of nitrogens with one attached hydrogen (secondary N) is 2. The first-order chi connectivity index (χ1) is 10.7. The first-order valence-electron chi connectivity index (χ1n) is 7.22. The maximum absolute atomic E-state index is 12.7. The summed E-state index contributed by atoms with van der Waals surface area (Å²) in [5.41, 5.74) is 0.820. The number of hydrogen-bond donors (Lipinski definition) is 2. The summed E-state index contributed by atoms with van der Waals surface area (Å²) in [4.78, 5) is 21.9. The van der Waals surface area contributed by atoms with Gasteiger partial charge in [0, 0.05) is 18.9 Å². The third-order valence-electron chi connectivity index (χ3n) is 3.05. The molecule has 0 aliphatic rings. The van der Waals surface area contributed by atoms with Gasteiger partial charge in [-0.15, -0.1) is 0 Å². The molecule has 1 aromatic carbocycles. The predicted molar refractivity (Wildman–Crippen MR) is 85.9 cm³/mol. The lowest BCUT2D eigenvalue weighted by Gasteiger charge is -2.23. The molecule has 1 amide bonds. The van der Waals surface area contributed by atoms with E-state index in [1.54, 1.807) is 12.1 Å². The highest BCUT2D eigenvalue weighted by Gasteiger charge is 2.23. The Morgan fingerprint density at radius 3 is 2.68 bits per heavy atom. The van der Waals surface area contributed by atoms with Crippen molar-refractivity contribution in [2.45, 2.75) is 19.8 Å². The van der Waals surface area contributed by atoms with Crippen LogP contribution in [0.15, 0.2) is 48.9 Å². The van der Waals surface area contributed by atoms with Gasteiger partial charge in [0.1, 0.15) is 5.69 Å². The summed E-state index contributed by atoms with van der Waals surface area (Å²) in [5, 5.41) is 11.2. The Bertz CT molecular complexity index is 615. The number of para-hydroxylation sites is 1. The van der Waals surface area contributed by atoms with Gasteiger partial charge in [0.25, 0.3) is 5.91 Å². The van der Waals surface area contributed by atoms with Crippen molar-refractivity contribution < 1.29 is 4.79 Å². The van der Waals surface area contributed by atoms with Crippen LogP contribution < -0.4 is 10.2 Å². The van der Waals surface area contributed by atoms with Crippen LogP contribution >= 0.6 is 0 Å². The standard InChI is InChI=1S/C16H19N5O/c1-2-3-9-20-16(17)21(13-7-5-4-6-8-13)15(22)14-12-18-10-11-19-14/h4-8,10-12H,2-3,9H2,1H3,(H2,17,20). The summed E-state index contributed by atoms with van der Waals surface area (Å²) in [5.74, 6) is -0.344. The van der Waals surface area contributed by atoms with Crippen LogP contribution in [0.5, 0.6) is 0 Å². The van der Waals surface area contributed by atoms with Crippen molar-refractivity contribution in [1.29, 1.82) is 5.41 Å². The molecule has 0 saturated heterocycles. The fraction of sp³-hybridized carbons (Fsp3) is 0.250. The minimum absolute atomic E-state index is 0.0373. The Labute approximate surface area is 129 Å². The third kappa shape index (κ3) is 3.88. The number of nitrogens with zero attached hydrogens (tertiary/aromatic N) is 3. The average Bonchev–Trinajstić information content (AvgIpc) is 2.57. The SMILES string of the molecule is CCCCNC(=N)N(C(=O)c1cnccn1)c1ccccc1. The fourth-order valence-corrected chi connectivity index (χ4v) is 1.91. The number of guanidine groups is 1. The molecule has 0 radical (unpaired) electrons. The third-order valence-corrected chi connectivity index (χ3v) is 3.05. The van der Waals surface area contributed by atoms with Crippen LogP contribution in [0.3, 0.4) is 0 Å². The summed E-state index contributed by atoms with van der Waals surface area (Å²) in [6, 6.07) is 9.08. The van der Waals surface area contributed by atoms with E-state index in [-0.39, 0.29) is 17.6 Å². The quantitative estimate of drug-likeness (QED) is 0.504. The number of amides is 1. The molecule has 0 aliphatic heterocycles. The van der Waals surface area contributed by atoms with Crippen LogP contribution in [-0.2, 0) is 0 Å². The highest BCUT2D eigenvalue weighted by molar-refractivity contribution is 6.20. The van der Waals surface area contributed by atoms with Gasteiger partial charge in [-0.1, -0.05) is 31.5 Å². The van der Waals surface area contributed by atoms with Crippen molar-refractivity contribution in [2.24, 2.45) is 0 Å². The number of anilines is 1. The van der Waals surface area contributed by atoms with Crippen molar-refractivity contribution in [3.05, 3.63) is 54.6 Å². The molecular weight excluding hydrogens is 278 g/mol. The van der Waals surface area contributed by atoms with Crippen LogP contribution in [0.25, 0.3) is 0 Å². The van der Waals surface area contributed by atoms with E-state index in [4.69, 9.17) is 5.41 Å². The molecule has 1 heterocycles. The number of aromatic nitrogens is 2. The minimum Gasteiger partial charge on any atom is -0.356 e. The molecule has 1 aromatic heterocycles.